The maximum Gasteiger partial charge on any atom is 0.192 e. The van der Waals surface area contributed by atoms with Crippen molar-refractivity contribution in [1.82, 2.24) is 0 Å². The van der Waals surface area contributed by atoms with Gasteiger partial charge in [-0.25, -0.2) is 0 Å². The smallest absolute Gasteiger partial charge is 0.192 e. The second-order valence-corrected chi connectivity index (χ2v) is 22.0. The number of methoxy groups -OCH3 is 1. The fourth-order valence-electron chi connectivity index (χ4n) is 3.93. The summed E-state index contributed by atoms with van der Waals surface area (Å²) in [5.41, 5.74) is 8.34. The minimum atomic E-state index is -1.96. The van der Waals surface area contributed by atoms with E-state index in [-0.39, 0.29) is 17.1 Å². The first-order valence-electron chi connectivity index (χ1n) is 13.1. The van der Waals surface area contributed by atoms with Crippen molar-refractivity contribution in [3.05, 3.63) is 83.2 Å². The summed E-state index contributed by atoms with van der Waals surface area (Å²) in [6.45, 7) is 18.8. The van der Waals surface area contributed by atoms with Gasteiger partial charge in [-0.15, -0.1) is 5.73 Å². The standard InChI is InChI=1S/C31H48O2Si2/c1-31(2,3)35(8,9)33-29(20-16-11-10-12-17-25-34(5,6)7)30(26-18-14-13-15-19-26)27-21-23-28(32-4)24-22-27/h12-15,18-19,21-25,29-30H,10-11,16,20H2,1-9H3. The Balaban J connectivity index is 2.33. The van der Waals surface area contributed by atoms with Crippen molar-refractivity contribution < 1.29 is 9.16 Å². The molecule has 2 atom stereocenters. The van der Waals surface area contributed by atoms with Crippen LogP contribution < -0.4 is 4.74 Å². The molecule has 192 valence electrons. The molecule has 2 nitrogen and oxygen atoms in total. The first-order chi connectivity index (χ1) is 16.3. The lowest BCUT2D eigenvalue weighted by Gasteiger charge is -2.42. The summed E-state index contributed by atoms with van der Waals surface area (Å²) in [6, 6.07) is 19.5. The molecule has 0 heterocycles. The Hall–Kier alpha value is -1.85. The lowest BCUT2D eigenvalue weighted by molar-refractivity contribution is 0.150. The highest BCUT2D eigenvalue weighted by molar-refractivity contribution is 6.80. The van der Waals surface area contributed by atoms with E-state index in [1.54, 1.807) is 7.11 Å². The van der Waals surface area contributed by atoms with Crippen molar-refractivity contribution in [2.75, 3.05) is 7.11 Å². The largest absolute Gasteiger partial charge is 0.497 e. The number of unbranched alkanes of at least 4 members (excludes halogenated alkanes) is 2. The molecule has 0 amide bonds. The fourth-order valence-corrected chi connectivity index (χ4v) is 5.91. The Bertz CT molecular complexity index is 944. The monoisotopic (exact) mass is 508 g/mol. The molecule has 0 fully saturated rings. The number of hydrogen-bond acceptors (Lipinski definition) is 2. The zero-order valence-electron chi connectivity index (χ0n) is 23.7. The molecule has 35 heavy (non-hydrogen) atoms. The van der Waals surface area contributed by atoms with Crippen LogP contribution in [-0.4, -0.2) is 29.6 Å². The summed E-state index contributed by atoms with van der Waals surface area (Å²) in [7, 11) is -1.42. The van der Waals surface area contributed by atoms with Crippen LogP contribution in [0.25, 0.3) is 0 Å². The van der Waals surface area contributed by atoms with Crippen LogP contribution in [0, 0.1) is 0 Å². The van der Waals surface area contributed by atoms with Crippen molar-refractivity contribution in [3.63, 3.8) is 0 Å². The van der Waals surface area contributed by atoms with Gasteiger partial charge in [-0.2, -0.15) is 0 Å². The van der Waals surface area contributed by atoms with Crippen LogP contribution >= 0.6 is 0 Å². The second kappa shape index (κ2) is 12.9. The van der Waals surface area contributed by atoms with Gasteiger partial charge < -0.3 is 9.16 Å². The van der Waals surface area contributed by atoms with Gasteiger partial charge in [0.25, 0.3) is 0 Å². The van der Waals surface area contributed by atoms with Crippen LogP contribution in [-0.2, 0) is 4.43 Å². The van der Waals surface area contributed by atoms with Crippen LogP contribution in [0.2, 0.25) is 37.8 Å². The molecule has 0 saturated carbocycles. The molecule has 0 aliphatic carbocycles. The Morgan fingerprint density at radius 2 is 1.46 bits per heavy atom. The second-order valence-electron chi connectivity index (χ2n) is 12.2. The highest BCUT2D eigenvalue weighted by Crippen LogP contribution is 2.42. The minimum absolute atomic E-state index is 0.133. The van der Waals surface area contributed by atoms with E-state index >= 15 is 0 Å². The minimum Gasteiger partial charge on any atom is -0.497 e. The van der Waals surface area contributed by atoms with Crippen molar-refractivity contribution >= 4 is 16.4 Å². The summed E-state index contributed by atoms with van der Waals surface area (Å²) in [4.78, 5) is 0. The van der Waals surface area contributed by atoms with Gasteiger partial charge in [-0.05, 0) is 66.7 Å². The van der Waals surface area contributed by atoms with E-state index in [0.717, 1.165) is 31.4 Å². The molecule has 0 aromatic heterocycles. The molecule has 0 saturated heterocycles. The van der Waals surface area contributed by atoms with Gasteiger partial charge in [0, 0.05) is 5.92 Å². The van der Waals surface area contributed by atoms with E-state index in [1.165, 1.54) is 11.1 Å². The summed E-state index contributed by atoms with van der Waals surface area (Å²) in [6.07, 6.45) is 6.78. The summed E-state index contributed by atoms with van der Waals surface area (Å²) in [5, 5.41) is 0.163. The van der Waals surface area contributed by atoms with Gasteiger partial charge in [0.1, 0.15) is 5.75 Å². The molecule has 2 aromatic carbocycles. The van der Waals surface area contributed by atoms with E-state index in [9.17, 15) is 0 Å². The molecule has 2 rings (SSSR count). The molecule has 0 bridgehead atoms. The maximum absolute atomic E-state index is 7.18. The topological polar surface area (TPSA) is 18.5 Å². The highest BCUT2D eigenvalue weighted by Gasteiger charge is 2.41. The normalized spacial score (nSPS) is 14.1. The van der Waals surface area contributed by atoms with Gasteiger partial charge in [-0.3, -0.25) is 0 Å². The molecule has 0 spiro atoms. The number of benzene rings is 2. The number of hydrogen-bond donors (Lipinski definition) is 0. The number of allylic oxidation sites excluding steroid dienone is 1. The molecule has 0 radical (unpaired) electrons. The van der Waals surface area contributed by atoms with E-state index in [2.05, 4.69) is 126 Å². The molecule has 2 aromatic rings. The average Bonchev–Trinajstić information content (AvgIpc) is 2.78. The lowest BCUT2D eigenvalue weighted by atomic mass is 9.84. The predicted octanol–water partition coefficient (Wildman–Crippen LogP) is 9.37. The number of rotatable bonds is 12. The third-order valence-corrected chi connectivity index (χ3v) is 12.5. The Labute approximate surface area is 217 Å². The summed E-state index contributed by atoms with van der Waals surface area (Å²) < 4.78 is 12.6. The number of ether oxygens (including phenoxy) is 1. The molecular weight excluding hydrogens is 461 g/mol. The van der Waals surface area contributed by atoms with Gasteiger partial charge in [0.2, 0.25) is 0 Å². The van der Waals surface area contributed by atoms with Crippen molar-refractivity contribution in [1.29, 1.82) is 0 Å². The summed E-state index contributed by atoms with van der Waals surface area (Å²) >= 11 is 0. The van der Waals surface area contributed by atoms with E-state index in [0.29, 0.717) is 0 Å². The quantitative estimate of drug-likeness (QED) is 0.161. The van der Waals surface area contributed by atoms with Crippen LogP contribution in [0.4, 0.5) is 0 Å². The van der Waals surface area contributed by atoms with E-state index in [4.69, 9.17) is 9.16 Å². The van der Waals surface area contributed by atoms with Crippen LogP contribution in [0.3, 0.4) is 0 Å². The lowest BCUT2D eigenvalue weighted by Crippen LogP contribution is -2.45. The third kappa shape index (κ3) is 9.61. The zero-order chi connectivity index (χ0) is 26.1. The molecule has 4 heteroatoms. The van der Waals surface area contributed by atoms with Crippen LogP contribution in [0.1, 0.15) is 63.5 Å². The van der Waals surface area contributed by atoms with Gasteiger partial charge in [0.15, 0.2) is 8.32 Å². The average molecular weight is 509 g/mol. The molecule has 0 aliphatic heterocycles. The Morgan fingerprint density at radius 1 is 0.857 bits per heavy atom. The first kappa shape index (κ1) is 29.4. The molecular formula is C31H48O2Si2. The Morgan fingerprint density at radius 3 is 2.00 bits per heavy atom. The van der Waals surface area contributed by atoms with Crippen molar-refractivity contribution in [2.24, 2.45) is 0 Å². The van der Waals surface area contributed by atoms with Gasteiger partial charge >= 0.3 is 0 Å². The SMILES string of the molecule is COc1ccc(C(c2ccccc2)C(CCCCC=C=C[Si](C)(C)C)O[Si](C)(C)C(C)(C)C)cc1. The molecule has 2 unspecified atom stereocenters. The zero-order valence-corrected chi connectivity index (χ0v) is 25.7. The van der Waals surface area contributed by atoms with Crippen molar-refractivity contribution in [3.8, 4) is 5.75 Å². The maximum atomic E-state index is 7.18. The molecule has 0 aliphatic rings. The van der Waals surface area contributed by atoms with Gasteiger partial charge in [0.05, 0.1) is 21.3 Å². The predicted molar refractivity (Wildman–Crippen MR) is 158 cm³/mol. The Kier molecular flexibility index (Phi) is 10.8. The fraction of sp³-hybridized carbons (Fsp3) is 0.516. The van der Waals surface area contributed by atoms with Gasteiger partial charge in [-0.1, -0.05) is 95.0 Å². The highest BCUT2D eigenvalue weighted by atomic mass is 28.4. The first-order valence-corrected chi connectivity index (χ1v) is 19.6. The molecule has 0 N–H and O–H groups in total. The van der Waals surface area contributed by atoms with E-state index in [1.807, 2.05) is 0 Å². The summed E-state index contributed by atoms with van der Waals surface area (Å²) in [5.74, 6) is 1.08. The van der Waals surface area contributed by atoms with Crippen LogP contribution in [0.15, 0.2) is 72.1 Å². The van der Waals surface area contributed by atoms with Crippen LogP contribution in [0.5, 0.6) is 5.75 Å². The van der Waals surface area contributed by atoms with Crippen molar-refractivity contribution in [2.45, 2.75) is 96.2 Å². The third-order valence-electron chi connectivity index (χ3n) is 6.98. The van der Waals surface area contributed by atoms with E-state index < -0.39 is 16.4 Å².